The van der Waals surface area contributed by atoms with Gasteiger partial charge < -0.3 is 10.0 Å². The van der Waals surface area contributed by atoms with Crippen molar-refractivity contribution in [3.63, 3.8) is 0 Å². The van der Waals surface area contributed by atoms with Gasteiger partial charge in [0, 0.05) is 30.2 Å². The van der Waals surface area contributed by atoms with Crippen molar-refractivity contribution in [1.82, 2.24) is 4.90 Å². The van der Waals surface area contributed by atoms with Crippen LogP contribution in [0.15, 0.2) is 24.3 Å². The fourth-order valence-corrected chi connectivity index (χ4v) is 3.42. The van der Waals surface area contributed by atoms with Crippen molar-refractivity contribution in [1.29, 1.82) is 0 Å². The zero-order chi connectivity index (χ0) is 15.6. The van der Waals surface area contributed by atoms with Gasteiger partial charge in [-0.3, -0.25) is 9.59 Å². The Hall–Kier alpha value is -1.53. The van der Waals surface area contributed by atoms with Crippen molar-refractivity contribution in [2.24, 2.45) is 0 Å². The average molecular weight is 328 g/mol. The van der Waals surface area contributed by atoms with E-state index in [0.29, 0.717) is 10.6 Å². The quantitative estimate of drug-likeness (QED) is 0.918. The summed E-state index contributed by atoms with van der Waals surface area (Å²) in [6, 6.07) is 5.33. The maximum atomic E-state index is 12.1. The number of hydrogen-bond donors (Lipinski definition) is 1. The molecule has 21 heavy (non-hydrogen) atoms. The minimum Gasteiger partial charge on any atom is -0.479 e. The molecule has 1 fully saturated rings. The summed E-state index contributed by atoms with van der Waals surface area (Å²) >= 11 is 6.88. The second-order valence-corrected chi connectivity index (χ2v) is 6.69. The molecule has 5 nitrogen and oxygen atoms in total. The summed E-state index contributed by atoms with van der Waals surface area (Å²) in [5, 5.41) is 9.68. The van der Waals surface area contributed by atoms with E-state index in [4.69, 9.17) is 11.6 Å². The normalized spacial score (nSPS) is 19.6. The van der Waals surface area contributed by atoms with Crippen LogP contribution >= 0.6 is 23.4 Å². The zero-order valence-electron chi connectivity index (χ0n) is 11.3. The third kappa shape index (κ3) is 3.77. The molecule has 1 aliphatic heterocycles. The van der Waals surface area contributed by atoms with E-state index in [1.54, 1.807) is 24.3 Å². The van der Waals surface area contributed by atoms with Crippen molar-refractivity contribution < 1.29 is 19.5 Å². The molecule has 0 radical (unpaired) electrons. The number of nitrogens with zero attached hydrogens (tertiary/aromatic N) is 1. The highest BCUT2D eigenvalue weighted by Gasteiger charge is 2.39. The molecule has 0 saturated carbocycles. The van der Waals surface area contributed by atoms with Gasteiger partial charge in [-0.25, -0.2) is 4.79 Å². The smallest absolute Gasteiger partial charge is 0.331 e. The molecule has 0 aliphatic carbocycles. The summed E-state index contributed by atoms with van der Waals surface area (Å²) in [6.45, 7) is 1.69. The average Bonchev–Trinajstić information content (AvgIpc) is 2.71. The van der Waals surface area contributed by atoms with Gasteiger partial charge in [0.15, 0.2) is 11.2 Å². The standard InChI is InChI=1S/C14H14ClNO4S/c1-8(17)21-11-6-12(18)16(7-11)13(14(19)20)9-2-4-10(15)5-3-9/h2-5,11,13H,6-7H2,1H3,(H,19,20). The van der Waals surface area contributed by atoms with E-state index in [0.717, 1.165) is 11.8 Å². The maximum Gasteiger partial charge on any atom is 0.331 e. The number of amides is 1. The van der Waals surface area contributed by atoms with Gasteiger partial charge in [0.2, 0.25) is 5.91 Å². The molecule has 0 bridgehead atoms. The van der Waals surface area contributed by atoms with Crippen LogP contribution in [0.2, 0.25) is 5.02 Å². The minimum absolute atomic E-state index is 0.0759. The molecule has 0 spiro atoms. The highest BCUT2D eigenvalue weighted by atomic mass is 35.5. The molecule has 0 aromatic heterocycles. The molecular formula is C14H14ClNO4S. The fraction of sp³-hybridized carbons (Fsp3) is 0.357. The third-order valence-electron chi connectivity index (χ3n) is 3.19. The van der Waals surface area contributed by atoms with Crippen LogP contribution in [0.4, 0.5) is 0 Å². The molecule has 2 unspecified atom stereocenters. The second kappa shape index (κ2) is 6.49. The van der Waals surface area contributed by atoms with Gasteiger partial charge in [0.1, 0.15) is 0 Å². The highest BCUT2D eigenvalue weighted by molar-refractivity contribution is 8.14. The minimum atomic E-state index is -1.10. The molecule has 1 saturated heterocycles. The Morgan fingerprint density at radius 1 is 1.38 bits per heavy atom. The van der Waals surface area contributed by atoms with Crippen molar-refractivity contribution in [2.45, 2.75) is 24.6 Å². The van der Waals surface area contributed by atoms with E-state index in [9.17, 15) is 19.5 Å². The fourth-order valence-electron chi connectivity index (χ4n) is 2.36. The highest BCUT2D eigenvalue weighted by Crippen LogP contribution is 2.32. The van der Waals surface area contributed by atoms with E-state index >= 15 is 0 Å². The molecule has 1 aromatic carbocycles. The number of rotatable bonds is 4. The Kier molecular flexibility index (Phi) is 4.90. The number of thioether (sulfide) groups is 1. The number of carboxylic acids is 1. The Balaban J connectivity index is 2.23. The SMILES string of the molecule is CC(=O)SC1CC(=O)N(C(C(=O)O)c2ccc(Cl)cc2)C1. The number of carboxylic acid groups (broad SMARTS) is 1. The lowest BCUT2D eigenvalue weighted by Crippen LogP contribution is -2.35. The van der Waals surface area contributed by atoms with Gasteiger partial charge in [-0.15, -0.1) is 0 Å². The number of carbonyl (C=O) groups is 3. The van der Waals surface area contributed by atoms with Crippen molar-refractivity contribution >= 4 is 40.4 Å². The van der Waals surface area contributed by atoms with Gasteiger partial charge >= 0.3 is 5.97 Å². The van der Waals surface area contributed by atoms with Crippen LogP contribution in [0, 0.1) is 0 Å². The summed E-state index contributed by atoms with van der Waals surface area (Å²) < 4.78 is 0. The van der Waals surface area contributed by atoms with Crippen LogP contribution in [-0.4, -0.2) is 38.8 Å². The number of hydrogen-bond acceptors (Lipinski definition) is 4. The van der Waals surface area contributed by atoms with Gasteiger partial charge in [0.25, 0.3) is 0 Å². The Labute approximate surface area is 131 Å². The van der Waals surface area contributed by atoms with E-state index in [1.165, 1.54) is 11.8 Å². The van der Waals surface area contributed by atoms with Crippen LogP contribution in [0.1, 0.15) is 24.9 Å². The molecule has 2 rings (SSSR count). The summed E-state index contributed by atoms with van der Waals surface area (Å²) in [5.74, 6) is -1.35. The predicted molar refractivity (Wildman–Crippen MR) is 80.2 cm³/mol. The molecule has 7 heteroatoms. The lowest BCUT2D eigenvalue weighted by Gasteiger charge is -2.25. The van der Waals surface area contributed by atoms with Gasteiger partial charge in [-0.05, 0) is 17.7 Å². The topological polar surface area (TPSA) is 74.7 Å². The number of likely N-dealkylation sites (tertiary alicyclic amines) is 1. The molecule has 112 valence electrons. The summed E-state index contributed by atoms with van der Waals surface area (Å²) in [4.78, 5) is 36.0. The summed E-state index contributed by atoms with van der Waals surface area (Å²) in [6.07, 6.45) is 0.182. The van der Waals surface area contributed by atoms with Gasteiger partial charge in [-0.2, -0.15) is 0 Å². The first-order chi connectivity index (χ1) is 9.88. The van der Waals surface area contributed by atoms with Crippen LogP contribution in [-0.2, 0) is 14.4 Å². The number of halogens is 1. The molecule has 1 amide bonds. The molecule has 1 aromatic rings. The summed E-state index contributed by atoms with van der Waals surface area (Å²) in [5.41, 5.74) is 0.494. The van der Waals surface area contributed by atoms with Gasteiger partial charge in [0.05, 0.1) is 0 Å². The number of carbonyl (C=O) groups excluding carboxylic acids is 2. The first-order valence-electron chi connectivity index (χ1n) is 6.33. The first kappa shape index (κ1) is 15.9. The molecule has 1 N–H and O–H groups in total. The zero-order valence-corrected chi connectivity index (χ0v) is 12.9. The Morgan fingerprint density at radius 2 is 2.00 bits per heavy atom. The van der Waals surface area contributed by atoms with E-state index < -0.39 is 12.0 Å². The van der Waals surface area contributed by atoms with E-state index in [2.05, 4.69) is 0 Å². The van der Waals surface area contributed by atoms with Crippen molar-refractivity contribution in [2.75, 3.05) is 6.54 Å². The largest absolute Gasteiger partial charge is 0.479 e. The monoisotopic (exact) mass is 327 g/mol. The predicted octanol–water partition coefficient (Wildman–Crippen LogP) is 2.35. The molecule has 1 aliphatic rings. The second-order valence-electron chi connectivity index (χ2n) is 4.77. The summed E-state index contributed by atoms with van der Waals surface area (Å²) in [7, 11) is 0. The van der Waals surface area contributed by atoms with Crippen molar-refractivity contribution in [3.05, 3.63) is 34.9 Å². The molecular weight excluding hydrogens is 314 g/mol. The van der Waals surface area contributed by atoms with Crippen LogP contribution < -0.4 is 0 Å². The number of benzene rings is 1. The lowest BCUT2D eigenvalue weighted by atomic mass is 10.1. The number of aliphatic carboxylic acids is 1. The van der Waals surface area contributed by atoms with Crippen LogP contribution in [0.25, 0.3) is 0 Å². The van der Waals surface area contributed by atoms with Crippen LogP contribution in [0.5, 0.6) is 0 Å². The van der Waals surface area contributed by atoms with E-state index in [1.807, 2.05) is 0 Å². The Bertz CT molecular complexity index is 575. The first-order valence-corrected chi connectivity index (χ1v) is 7.59. The van der Waals surface area contributed by atoms with Gasteiger partial charge in [-0.1, -0.05) is 35.5 Å². The Morgan fingerprint density at radius 3 is 2.52 bits per heavy atom. The van der Waals surface area contributed by atoms with E-state index in [-0.39, 0.29) is 29.2 Å². The van der Waals surface area contributed by atoms with Crippen LogP contribution in [0.3, 0.4) is 0 Å². The molecule has 2 atom stereocenters. The third-order valence-corrected chi connectivity index (χ3v) is 4.42. The lowest BCUT2D eigenvalue weighted by molar-refractivity contribution is -0.148. The molecule has 1 heterocycles. The van der Waals surface area contributed by atoms with Crippen molar-refractivity contribution in [3.8, 4) is 0 Å². The maximum absolute atomic E-state index is 12.1.